The largest absolute Gasteiger partial charge is 0.309 e. The third-order valence-corrected chi connectivity index (χ3v) is 7.26. The minimum atomic E-state index is -3.24. The van der Waals surface area contributed by atoms with Crippen LogP contribution in [0.15, 0.2) is 23.1 Å². The Balaban J connectivity index is 1.51. The predicted molar refractivity (Wildman–Crippen MR) is 83.0 cm³/mol. The molecule has 5 heteroatoms. The molecule has 0 spiro atoms. The van der Waals surface area contributed by atoms with Crippen LogP contribution in [0.5, 0.6) is 0 Å². The highest BCUT2D eigenvalue weighted by Crippen LogP contribution is 2.65. The van der Waals surface area contributed by atoms with Crippen LogP contribution in [0.1, 0.15) is 24.8 Å². The van der Waals surface area contributed by atoms with E-state index in [1.54, 1.807) is 18.2 Å². The monoisotopic (exact) mass is 325 g/mol. The number of halogens is 1. The van der Waals surface area contributed by atoms with Crippen molar-refractivity contribution in [2.45, 2.75) is 36.7 Å². The van der Waals surface area contributed by atoms with Crippen molar-refractivity contribution in [3.8, 4) is 0 Å². The Bertz CT molecular complexity index is 672. The minimum Gasteiger partial charge on any atom is -0.309 e. The molecule has 114 valence electrons. The maximum absolute atomic E-state index is 11.9. The van der Waals surface area contributed by atoms with Crippen LogP contribution in [0.25, 0.3) is 0 Å². The van der Waals surface area contributed by atoms with E-state index in [1.807, 2.05) is 0 Å². The number of fused-ring (bicyclic) bond motifs is 5. The lowest BCUT2D eigenvalue weighted by Crippen LogP contribution is -2.23. The molecule has 3 fully saturated rings. The third-order valence-electron chi connectivity index (χ3n) is 5.73. The lowest BCUT2D eigenvalue weighted by molar-refractivity contribution is 0.456. The lowest BCUT2D eigenvalue weighted by atomic mass is 10.0. The van der Waals surface area contributed by atoms with E-state index in [9.17, 15) is 8.42 Å². The van der Waals surface area contributed by atoms with E-state index in [0.717, 1.165) is 29.2 Å². The Hall–Kier alpha value is -0.580. The smallest absolute Gasteiger partial charge is 0.175 e. The molecule has 0 aliphatic heterocycles. The first-order chi connectivity index (χ1) is 9.97. The summed E-state index contributed by atoms with van der Waals surface area (Å²) in [4.78, 5) is 0.358. The molecular weight excluding hydrogens is 306 g/mol. The second-order valence-corrected chi connectivity index (χ2v) is 9.27. The average molecular weight is 326 g/mol. The molecule has 1 N–H and O–H groups in total. The fourth-order valence-electron chi connectivity index (χ4n) is 4.88. The molecule has 0 saturated heterocycles. The molecule has 4 atom stereocenters. The van der Waals surface area contributed by atoms with Crippen LogP contribution in [0.2, 0.25) is 5.02 Å². The molecule has 3 aliphatic carbocycles. The van der Waals surface area contributed by atoms with E-state index >= 15 is 0 Å². The number of rotatable bonds is 4. The highest BCUT2D eigenvalue weighted by molar-refractivity contribution is 7.90. The molecule has 21 heavy (non-hydrogen) atoms. The summed E-state index contributed by atoms with van der Waals surface area (Å²) < 4.78 is 23.8. The van der Waals surface area contributed by atoms with Gasteiger partial charge in [0, 0.05) is 29.4 Å². The van der Waals surface area contributed by atoms with Crippen molar-refractivity contribution in [2.24, 2.45) is 23.7 Å². The third kappa shape index (κ3) is 2.23. The van der Waals surface area contributed by atoms with Gasteiger partial charge in [0.25, 0.3) is 0 Å². The van der Waals surface area contributed by atoms with Crippen molar-refractivity contribution in [2.75, 3.05) is 6.26 Å². The number of hydrogen-bond acceptors (Lipinski definition) is 3. The van der Waals surface area contributed by atoms with Crippen molar-refractivity contribution >= 4 is 21.4 Å². The molecule has 0 radical (unpaired) electrons. The zero-order valence-electron chi connectivity index (χ0n) is 12.0. The fourth-order valence-corrected chi connectivity index (χ4v) is 6.13. The molecule has 3 aliphatic rings. The molecule has 0 heterocycles. The van der Waals surface area contributed by atoms with Gasteiger partial charge in [0.15, 0.2) is 9.84 Å². The summed E-state index contributed by atoms with van der Waals surface area (Å²) in [5.41, 5.74) is 0.721. The first kappa shape index (κ1) is 14.0. The van der Waals surface area contributed by atoms with Gasteiger partial charge in [0.1, 0.15) is 0 Å². The second kappa shape index (κ2) is 4.71. The molecule has 3 saturated carbocycles. The first-order valence-electron chi connectivity index (χ1n) is 7.67. The highest BCUT2D eigenvalue weighted by atomic mass is 35.5. The Morgan fingerprint density at radius 1 is 1.24 bits per heavy atom. The zero-order chi connectivity index (χ0) is 14.8. The van der Waals surface area contributed by atoms with Gasteiger partial charge >= 0.3 is 0 Å². The predicted octanol–water partition coefficient (Wildman–Crippen LogP) is 2.88. The minimum absolute atomic E-state index is 0.358. The molecule has 3 nitrogen and oxygen atoms in total. The summed E-state index contributed by atoms with van der Waals surface area (Å²) in [5, 5.41) is 4.12. The Morgan fingerprint density at radius 2 is 1.90 bits per heavy atom. The number of sulfone groups is 1. The summed E-state index contributed by atoms with van der Waals surface area (Å²) in [7, 11) is -3.24. The molecule has 2 bridgehead atoms. The standard InChI is InChI=1S/C16H20ClNO2S/c1-21(19,20)13-4-2-3-12(17)11(13)8-18-16-14-9-5-6-10(7-9)15(14)16/h2-4,9-10,14-16,18H,5-8H2,1H3. The van der Waals surface area contributed by atoms with E-state index < -0.39 is 9.84 Å². The Morgan fingerprint density at radius 3 is 2.52 bits per heavy atom. The summed E-state index contributed by atoms with van der Waals surface area (Å²) >= 11 is 6.23. The normalized spacial score (nSPS) is 36.8. The number of hydrogen-bond donors (Lipinski definition) is 1. The van der Waals surface area contributed by atoms with E-state index in [0.29, 0.717) is 22.5 Å². The van der Waals surface area contributed by atoms with Crippen molar-refractivity contribution in [1.29, 1.82) is 0 Å². The van der Waals surface area contributed by atoms with Gasteiger partial charge in [0.2, 0.25) is 0 Å². The van der Waals surface area contributed by atoms with E-state index in [2.05, 4.69) is 5.32 Å². The highest BCUT2D eigenvalue weighted by Gasteiger charge is 2.64. The molecule has 4 unspecified atom stereocenters. The zero-order valence-corrected chi connectivity index (χ0v) is 13.6. The summed E-state index contributed by atoms with van der Waals surface area (Å²) in [6, 6.07) is 5.70. The van der Waals surface area contributed by atoms with Gasteiger partial charge < -0.3 is 5.32 Å². The molecule has 1 aromatic rings. The Labute approximate surface area is 131 Å². The van der Waals surface area contributed by atoms with Crippen LogP contribution in [-0.2, 0) is 16.4 Å². The maximum atomic E-state index is 11.9. The summed E-state index contributed by atoms with van der Waals surface area (Å²) in [6.07, 6.45) is 5.46. The van der Waals surface area contributed by atoms with Crippen molar-refractivity contribution < 1.29 is 8.42 Å². The van der Waals surface area contributed by atoms with Crippen molar-refractivity contribution in [3.63, 3.8) is 0 Å². The molecule has 4 rings (SSSR count). The quantitative estimate of drug-likeness (QED) is 0.926. The summed E-state index contributed by atoms with van der Waals surface area (Å²) in [6.45, 7) is 0.555. The van der Waals surface area contributed by atoms with Crippen LogP contribution in [0.3, 0.4) is 0 Å². The Kier molecular flexibility index (Phi) is 3.15. The maximum Gasteiger partial charge on any atom is 0.175 e. The van der Waals surface area contributed by atoms with Gasteiger partial charge in [-0.1, -0.05) is 17.7 Å². The van der Waals surface area contributed by atoms with Crippen LogP contribution in [-0.4, -0.2) is 20.7 Å². The van der Waals surface area contributed by atoms with Crippen LogP contribution < -0.4 is 5.32 Å². The lowest BCUT2D eigenvalue weighted by Gasteiger charge is -2.14. The van der Waals surface area contributed by atoms with Crippen LogP contribution in [0, 0.1) is 23.7 Å². The second-order valence-electron chi connectivity index (χ2n) is 6.88. The van der Waals surface area contributed by atoms with Crippen molar-refractivity contribution in [3.05, 3.63) is 28.8 Å². The van der Waals surface area contributed by atoms with E-state index in [-0.39, 0.29) is 0 Å². The van der Waals surface area contributed by atoms with Gasteiger partial charge in [0.05, 0.1) is 4.90 Å². The number of benzene rings is 1. The van der Waals surface area contributed by atoms with E-state index in [1.165, 1.54) is 25.5 Å². The van der Waals surface area contributed by atoms with E-state index in [4.69, 9.17) is 11.6 Å². The van der Waals surface area contributed by atoms with Gasteiger partial charge in [-0.25, -0.2) is 8.42 Å². The fraction of sp³-hybridized carbons (Fsp3) is 0.625. The van der Waals surface area contributed by atoms with Crippen molar-refractivity contribution in [1.82, 2.24) is 5.32 Å². The average Bonchev–Trinajstić information content (AvgIpc) is 2.80. The van der Waals surface area contributed by atoms with Gasteiger partial charge in [-0.15, -0.1) is 0 Å². The number of nitrogens with one attached hydrogen (secondary N) is 1. The van der Waals surface area contributed by atoms with Crippen LogP contribution in [0.4, 0.5) is 0 Å². The summed E-state index contributed by atoms with van der Waals surface area (Å²) in [5.74, 6) is 3.51. The van der Waals surface area contributed by atoms with Gasteiger partial charge in [-0.05, 0) is 55.1 Å². The molecule has 1 aromatic carbocycles. The molecular formula is C16H20ClNO2S. The SMILES string of the molecule is CS(=O)(=O)c1cccc(Cl)c1CNC1C2C3CCC(C3)C12. The van der Waals surface area contributed by atoms with Gasteiger partial charge in [-0.3, -0.25) is 0 Å². The molecule has 0 amide bonds. The first-order valence-corrected chi connectivity index (χ1v) is 9.94. The van der Waals surface area contributed by atoms with Crippen LogP contribution >= 0.6 is 11.6 Å². The van der Waals surface area contributed by atoms with Gasteiger partial charge in [-0.2, -0.15) is 0 Å². The topological polar surface area (TPSA) is 46.2 Å². The molecule has 0 aromatic heterocycles.